The normalized spacial score (nSPS) is 10.1. The van der Waals surface area contributed by atoms with Gasteiger partial charge >= 0.3 is 0 Å². The lowest BCUT2D eigenvalue weighted by atomic mass is 10.4. The number of likely N-dealkylation sites (N-methyl/N-ethyl adjacent to an activating group) is 1. The molecule has 6 heteroatoms. The lowest BCUT2D eigenvalue weighted by Crippen LogP contribution is -2.39. The Morgan fingerprint density at radius 2 is 2.12 bits per heavy atom. The van der Waals surface area contributed by atoms with E-state index in [0.29, 0.717) is 18.8 Å². The van der Waals surface area contributed by atoms with Crippen LogP contribution in [0.2, 0.25) is 0 Å². The molecule has 3 N–H and O–H groups in total. The van der Waals surface area contributed by atoms with Crippen LogP contribution in [-0.2, 0) is 9.59 Å². The van der Waals surface area contributed by atoms with Crippen LogP contribution in [0.15, 0.2) is 0 Å². The van der Waals surface area contributed by atoms with Crippen LogP contribution in [0.5, 0.6) is 0 Å². The number of amides is 2. The monoisotopic (exact) mass is 261 g/mol. The van der Waals surface area contributed by atoms with E-state index in [1.165, 1.54) is 4.90 Å². The fraction of sp³-hybridized carbons (Fsp3) is 0.818. The highest BCUT2D eigenvalue weighted by Crippen LogP contribution is 2.03. The number of rotatable bonds is 9. The van der Waals surface area contributed by atoms with Crippen LogP contribution < -0.4 is 11.1 Å². The van der Waals surface area contributed by atoms with Crippen LogP contribution >= 0.6 is 11.8 Å². The summed E-state index contributed by atoms with van der Waals surface area (Å²) in [6.45, 7) is 3.43. The van der Waals surface area contributed by atoms with E-state index in [1.54, 1.807) is 18.8 Å². The van der Waals surface area contributed by atoms with Crippen LogP contribution in [0, 0.1) is 0 Å². The molecule has 0 fully saturated rings. The molecule has 2 amide bonds. The molecular weight excluding hydrogens is 238 g/mol. The first-order chi connectivity index (χ1) is 8.11. The summed E-state index contributed by atoms with van der Waals surface area (Å²) in [4.78, 5) is 24.4. The van der Waals surface area contributed by atoms with Crippen molar-refractivity contribution in [3.05, 3.63) is 0 Å². The average Bonchev–Trinajstić information content (AvgIpc) is 2.31. The van der Waals surface area contributed by atoms with Crippen LogP contribution in [-0.4, -0.2) is 54.9 Å². The van der Waals surface area contributed by atoms with Crippen molar-refractivity contribution in [2.75, 3.05) is 38.2 Å². The van der Waals surface area contributed by atoms with Crippen molar-refractivity contribution < 1.29 is 9.59 Å². The van der Waals surface area contributed by atoms with Gasteiger partial charge in [0.2, 0.25) is 11.8 Å². The maximum Gasteiger partial charge on any atom is 0.239 e. The molecule has 0 aliphatic carbocycles. The molecule has 100 valence electrons. The van der Waals surface area contributed by atoms with Crippen molar-refractivity contribution in [2.24, 2.45) is 5.73 Å². The number of hydrogen-bond acceptors (Lipinski definition) is 4. The van der Waals surface area contributed by atoms with E-state index in [2.05, 4.69) is 5.32 Å². The molecular formula is C11H23N3O2S. The van der Waals surface area contributed by atoms with Crippen molar-refractivity contribution >= 4 is 23.6 Å². The van der Waals surface area contributed by atoms with Gasteiger partial charge < -0.3 is 16.0 Å². The maximum atomic E-state index is 11.6. The van der Waals surface area contributed by atoms with Crippen molar-refractivity contribution in [1.82, 2.24) is 10.2 Å². The third-order valence-corrected chi connectivity index (χ3v) is 3.13. The van der Waals surface area contributed by atoms with E-state index < -0.39 is 0 Å². The van der Waals surface area contributed by atoms with Gasteiger partial charge in [-0.3, -0.25) is 9.59 Å². The van der Waals surface area contributed by atoms with Gasteiger partial charge in [-0.1, -0.05) is 6.92 Å². The van der Waals surface area contributed by atoms with Crippen molar-refractivity contribution in [2.45, 2.75) is 19.8 Å². The minimum atomic E-state index is -0.102. The molecule has 0 heterocycles. The number of carbonyl (C=O) groups is 2. The molecule has 0 aromatic heterocycles. The summed E-state index contributed by atoms with van der Waals surface area (Å²) in [7, 11) is 1.65. The molecule has 0 aliphatic heterocycles. The molecule has 0 saturated heterocycles. The summed E-state index contributed by atoms with van der Waals surface area (Å²) >= 11 is 1.56. The Hall–Kier alpha value is -0.750. The Balaban J connectivity index is 3.69. The van der Waals surface area contributed by atoms with Crippen LogP contribution in [0.4, 0.5) is 0 Å². The summed E-state index contributed by atoms with van der Waals surface area (Å²) < 4.78 is 0. The zero-order valence-electron chi connectivity index (χ0n) is 10.7. The van der Waals surface area contributed by atoms with Crippen molar-refractivity contribution in [1.29, 1.82) is 0 Å². The van der Waals surface area contributed by atoms with Crippen molar-refractivity contribution in [3.8, 4) is 0 Å². The number of hydrogen-bond donors (Lipinski definition) is 2. The number of nitrogens with one attached hydrogen (secondary N) is 1. The largest absolute Gasteiger partial charge is 0.355 e. The summed E-state index contributed by atoms with van der Waals surface area (Å²) in [5, 5.41) is 2.74. The second kappa shape index (κ2) is 10.4. The molecule has 0 spiro atoms. The molecule has 5 nitrogen and oxygen atoms in total. The zero-order valence-corrected chi connectivity index (χ0v) is 11.5. The highest BCUT2D eigenvalue weighted by molar-refractivity contribution is 7.99. The van der Waals surface area contributed by atoms with Crippen LogP contribution in [0.1, 0.15) is 19.8 Å². The van der Waals surface area contributed by atoms with E-state index in [-0.39, 0.29) is 18.4 Å². The van der Waals surface area contributed by atoms with E-state index in [1.807, 2.05) is 6.92 Å². The van der Waals surface area contributed by atoms with Gasteiger partial charge in [-0.15, -0.1) is 0 Å². The SMILES string of the molecule is CCCNC(=O)CN(C)C(=O)CSCCCN. The third-order valence-electron chi connectivity index (χ3n) is 2.10. The fourth-order valence-corrected chi connectivity index (χ4v) is 1.99. The predicted octanol–water partition coefficient (Wildman–Crippen LogP) is 0.0530. The minimum Gasteiger partial charge on any atom is -0.355 e. The quantitative estimate of drug-likeness (QED) is 0.575. The van der Waals surface area contributed by atoms with Crippen LogP contribution in [0.3, 0.4) is 0 Å². The number of nitrogens with zero attached hydrogens (tertiary/aromatic N) is 1. The first kappa shape index (κ1) is 16.2. The molecule has 0 aromatic carbocycles. The number of nitrogens with two attached hydrogens (primary N) is 1. The van der Waals surface area contributed by atoms with Gasteiger partial charge in [0.25, 0.3) is 0 Å². The van der Waals surface area contributed by atoms with Gasteiger partial charge in [-0.2, -0.15) is 11.8 Å². The average molecular weight is 261 g/mol. The lowest BCUT2D eigenvalue weighted by Gasteiger charge is -2.16. The molecule has 0 bridgehead atoms. The Morgan fingerprint density at radius 1 is 1.41 bits per heavy atom. The highest BCUT2D eigenvalue weighted by Gasteiger charge is 2.11. The third kappa shape index (κ3) is 9.00. The molecule has 0 aromatic rings. The smallest absolute Gasteiger partial charge is 0.239 e. The first-order valence-electron chi connectivity index (χ1n) is 5.90. The number of carbonyl (C=O) groups excluding carboxylic acids is 2. The van der Waals surface area contributed by atoms with Crippen LogP contribution in [0.25, 0.3) is 0 Å². The zero-order chi connectivity index (χ0) is 13.1. The lowest BCUT2D eigenvalue weighted by molar-refractivity contribution is -0.132. The highest BCUT2D eigenvalue weighted by atomic mass is 32.2. The molecule has 0 rings (SSSR count). The van der Waals surface area contributed by atoms with Gasteiger partial charge in [0, 0.05) is 13.6 Å². The van der Waals surface area contributed by atoms with Gasteiger partial charge in [0.1, 0.15) is 0 Å². The van der Waals surface area contributed by atoms with Crippen molar-refractivity contribution in [3.63, 3.8) is 0 Å². The minimum absolute atomic E-state index is 0.0151. The van der Waals surface area contributed by atoms with Gasteiger partial charge in [-0.25, -0.2) is 0 Å². The van der Waals surface area contributed by atoms with E-state index >= 15 is 0 Å². The van der Waals surface area contributed by atoms with E-state index in [0.717, 1.165) is 18.6 Å². The maximum absolute atomic E-state index is 11.6. The first-order valence-corrected chi connectivity index (χ1v) is 7.05. The van der Waals surface area contributed by atoms with E-state index in [9.17, 15) is 9.59 Å². The second-order valence-corrected chi connectivity index (χ2v) is 4.90. The summed E-state index contributed by atoms with van der Waals surface area (Å²) in [6, 6.07) is 0. The second-order valence-electron chi connectivity index (χ2n) is 3.79. The summed E-state index contributed by atoms with van der Waals surface area (Å²) in [5.74, 6) is 1.18. The molecule has 0 radical (unpaired) electrons. The predicted molar refractivity (Wildman–Crippen MR) is 71.9 cm³/mol. The fourth-order valence-electron chi connectivity index (χ4n) is 1.08. The topological polar surface area (TPSA) is 75.4 Å². The summed E-state index contributed by atoms with van der Waals surface area (Å²) in [5.41, 5.74) is 5.36. The number of thioether (sulfide) groups is 1. The standard InChI is InChI=1S/C11H23N3O2S/c1-3-6-13-10(15)8-14(2)11(16)9-17-7-4-5-12/h3-9,12H2,1-2H3,(H,13,15). The Kier molecular flexibility index (Phi) is 9.95. The van der Waals surface area contributed by atoms with E-state index in [4.69, 9.17) is 5.73 Å². The molecule has 0 saturated carbocycles. The summed E-state index contributed by atoms with van der Waals surface area (Å²) in [6.07, 6.45) is 1.82. The van der Waals surface area contributed by atoms with Gasteiger partial charge in [0.05, 0.1) is 12.3 Å². The molecule has 0 unspecified atom stereocenters. The molecule has 17 heavy (non-hydrogen) atoms. The Bertz CT molecular complexity index is 237. The Labute approximate surface area is 107 Å². The Morgan fingerprint density at radius 3 is 2.71 bits per heavy atom. The molecule has 0 aliphatic rings. The van der Waals surface area contributed by atoms with Gasteiger partial charge in [0.15, 0.2) is 0 Å². The molecule has 0 atom stereocenters. The van der Waals surface area contributed by atoms with Gasteiger partial charge in [-0.05, 0) is 25.1 Å².